The molecule has 1 aromatic rings. The van der Waals surface area contributed by atoms with Crippen LogP contribution < -0.4 is 9.88 Å². The molecule has 0 saturated heterocycles. The van der Waals surface area contributed by atoms with Crippen LogP contribution in [0, 0.1) is 5.92 Å². The Labute approximate surface area is 125 Å². The molecule has 1 rings (SSSR count). The zero-order chi connectivity index (χ0) is 16.2. The Morgan fingerprint density at radius 2 is 2.00 bits per heavy atom. The minimum atomic E-state index is -3.87. The van der Waals surface area contributed by atoms with Crippen LogP contribution in [0.15, 0.2) is 23.1 Å². The Morgan fingerprint density at radius 3 is 2.48 bits per heavy atom. The number of rotatable bonds is 6. The summed E-state index contributed by atoms with van der Waals surface area (Å²) < 4.78 is 28.3. The van der Waals surface area contributed by atoms with Crippen LogP contribution in [-0.4, -0.2) is 39.4 Å². The quantitative estimate of drug-likeness (QED) is 0.860. The average molecular weight is 314 g/mol. The Morgan fingerprint density at radius 1 is 1.38 bits per heavy atom. The van der Waals surface area contributed by atoms with E-state index in [-0.39, 0.29) is 16.4 Å². The molecule has 7 heteroatoms. The summed E-state index contributed by atoms with van der Waals surface area (Å²) in [6.07, 6.45) is 0. The largest absolute Gasteiger partial charge is 0.493 e. The number of amides is 1. The van der Waals surface area contributed by atoms with E-state index in [1.54, 1.807) is 14.0 Å². The molecular formula is C14H22N2O4S. The molecule has 0 aliphatic carbocycles. The second kappa shape index (κ2) is 6.91. The van der Waals surface area contributed by atoms with E-state index in [2.05, 4.69) is 0 Å². The summed E-state index contributed by atoms with van der Waals surface area (Å²) in [4.78, 5) is 13.9. The van der Waals surface area contributed by atoms with Crippen LogP contribution in [0.1, 0.15) is 31.1 Å². The van der Waals surface area contributed by atoms with Crippen molar-refractivity contribution in [2.45, 2.75) is 25.7 Å². The number of primary sulfonamides is 1. The molecule has 2 N–H and O–H groups in total. The lowest BCUT2D eigenvalue weighted by atomic mass is 10.1. The summed E-state index contributed by atoms with van der Waals surface area (Å²) in [6, 6.07) is 4.05. The van der Waals surface area contributed by atoms with Gasteiger partial charge in [-0.2, -0.15) is 0 Å². The van der Waals surface area contributed by atoms with Crippen LogP contribution in [0.5, 0.6) is 5.75 Å². The smallest absolute Gasteiger partial charge is 0.257 e. The summed E-state index contributed by atoms with van der Waals surface area (Å²) >= 11 is 0. The van der Waals surface area contributed by atoms with Gasteiger partial charge in [-0.25, -0.2) is 13.6 Å². The van der Waals surface area contributed by atoms with Crippen LogP contribution >= 0.6 is 0 Å². The van der Waals surface area contributed by atoms with E-state index >= 15 is 0 Å². The molecule has 0 bridgehead atoms. The molecule has 0 saturated carbocycles. The average Bonchev–Trinajstić information content (AvgIpc) is 2.36. The van der Waals surface area contributed by atoms with Gasteiger partial charge in [0.1, 0.15) is 5.75 Å². The summed E-state index contributed by atoms with van der Waals surface area (Å²) in [5.74, 6) is 0.360. The van der Waals surface area contributed by atoms with Gasteiger partial charge >= 0.3 is 0 Å². The molecule has 0 atom stereocenters. The van der Waals surface area contributed by atoms with Crippen molar-refractivity contribution in [2.75, 3.05) is 20.2 Å². The van der Waals surface area contributed by atoms with Crippen molar-refractivity contribution in [3.05, 3.63) is 23.8 Å². The van der Waals surface area contributed by atoms with E-state index in [1.807, 2.05) is 13.8 Å². The zero-order valence-corrected chi connectivity index (χ0v) is 13.6. The van der Waals surface area contributed by atoms with Crippen molar-refractivity contribution < 1.29 is 17.9 Å². The third-order valence-electron chi connectivity index (χ3n) is 2.80. The molecular weight excluding hydrogens is 292 g/mol. The molecule has 0 spiro atoms. The maximum absolute atomic E-state index is 12.5. The monoisotopic (exact) mass is 314 g/mol. The highest BCUT2D eigenvalue weighted by Gasteiger charge is 2.20. The van der Waals surface area contributed by atoms with Crippen molar-refractivity contribution in [3.63, 3.8) is 0 Å². The highest BCUT2D eigenvalue weighted by atomic mass is 32.2. The van der Waals surface area contributed by atoms with Crippen LogP contribution in [0.25, 0.3) is 0 Å². The number of hydrogen-bond acceptors (Lipinski definition) is 4. The first-order valence-electron chi connectivity index (χ1n) is 6.72. The van der Waals surface area contributed by atoms with E-state index in [1.165, 1.54) is 23.1 Å². The predicted octanol–water partition coefficient (Wildman–Crippen LogP) is 1.46. The predicted molar refractivity (Wildman–Crippen MR) is 80.8 cm³/mol. The van der Waals surface area contributed by atoms with Gasteiger partial charge in [0.25, 0.3) is 5.91 Å². The van der Waals surface area contributed by atoms with Crippen molar-refractivity contribution in [1.82, 2.24) is 4.90 Å². The first-order chi connectivity index (χ1) is 9.66. The van der Waals surface area contributed by atoms with E-state index in [4.69, 9.17) is 9.88 Å². The summed E-state index contributed by atoms with van der Waals surface area (Å²) in [7, 11) is -2.20. The van der Waals surface area contributed by atoms with Crippen molar-refractivity contribution >= 4 is 15.9 Å². The first-order valence-corrected chi connectivity index (χ1v) is 8.26. The summed E-state index contributed by atoms with van der Waals surface area (Å²) in [5.41, 5.74) is 0.200. The molecule has 0 heterocycles. The number of nitrogens with two attached hydrogens (primary N) is 1. The van der Waals surface area contributed by atoms with Crippen LogP contribution in [-0.2, 0) is 10.0 Å². The molecule has 6 nitrogen and oxygen atoms in total. The first kappa shape index (κ1) is 17.5. The molecule has 1 aromatic carbocycles. The molecule has 118 valence electrons. The molecule has 0 aliphatic heterocycles. The van der Waals surface area contributed by atoms with E-state index in [0.29, 0.717) is 24.8 Å². The Hall–Kier alpha value is -1.60. The Kier molecular flexibility index (Phi) is 5.74. The van der Waals surface area contributed by atoms with Gasteiger partial charge in [-0.15, -0.1) is 0 Å². The Bertz CT molecular complexity index is 611. The van der Waals surface area contributed by atoms with E-state index in [0.717, 1.165) is 0 Å². The van der Waals surface area contributed by atoms with Crippen LogP contribution in [0.2, 0.25) is 0 Å². The van der Waals surface area contributed by atoms with Crippen LogP contribution in [0.4, 0.5) is 0 Å². The minimum absolute atomic E-state index is 0.104. The number of carbonyl (C=O) groups is 1. The van der Waals surface area contributed by atoms with Gasteiger partial charge in [0.15, 0.2) is 0 Å². The number of carbonyl (C=O) groups excluding carboxylic acids is 1. The van der Waals surface area contributed by atoms with Gasteiger partial charge in [0.2, 0.25) is 10.0 Å². The zero-order valence-electron chi connectivity index (χ0n) is 12.8. The second-order valence-corrected chi connectivity index (χ2v) is 6.78. The highest BCUT2D eigenvalue weighted by molar-refractivity contribution is 7.89. The fourth-order valence-corrected chi connectivity index (χ4v) is 2.51. The van der Waals surface area contributed by atoms with Crippen molar-refractivity contribution in [1.29, 1.82) is 0 Å². The van der Waals surface area contributed by atoms with E-state index in [9.17, 15) is 13.2 Å². The molecule has 1 amide bonds. The number of benzene rings is 1. The summed E-state index contributed by atoms with van der Waals surface area (Å²) in [6.45, 7) is 6.72. The number of hydrogen-bond donors (Lipinski definition) is 1. The van der Waals surface area contributed by atoms with Gasteiger partial charge in [-0.05, 0) is 31.0 Å². The van der Waals surface area contributed by atoms with Gasteiger partial charge in [-0.3, -0.25) is 4.79 Å². The number of ether oxygens (including phenoxy) is 1. The molecule has 0 aromatic heterocycles. The number of sulfonamides is 1. The van der Waals surface area contributed by atoms with Gasteiger partial charge in [-0.1, -0.05) is 13.8 Å². The van der Waals surface area contributed by atoms with Gasteiger partial charge < -0.3 is 9.64 Å². The minimum Gasteiger partial charge on any atom is -0.493 e. The standard InChI is InChI=1S/C14H22N2O4S/c1-5-20-13-7-6-11(21(15,18)19)8-12(13)14(17)16(4)9-10(2)3/h6-8,10H,5,9H2,1-4H3,(H2,15,18,19). The fourth-order valence-electron chi connectivity index (χ4n) is 1.97. The van der Waals surface area contributed by atoms with Gasteiger partial charge in [0, 0.05) is 13.6 Å². The maximum atomic E-state index is 12.5. The fraction of sp³-hybridized carbons (Fsp3) is 0.500. The molecule has 0 fully saturated rings. The molecule has 0 radical (unpaired) electrons. The lowest BCUT2D eigenvalue weighted by molar-refractivity contribution is 0.0774. The van der Waals surface area contributed by atoms with Gasteiger partial charge in [0.05, 0.1) is 17.1 Å². The Balaban J connectivity index is 3.26. The topological polar surface area (TPSA) is 89.7 Å². The molecule has 21 heavy (non-hydrogen) atoms. The lowest BCUT2D eigenvalue weighted by Crippen LogP contribution is -2.31. The lowest BCUT2D eigenvalue weighted by Gasteiger charge is -2.21. The van der Waals surface area contributed by atoms with Crippen LogP contribution in [0.3, 0.4) is 0 Å². The van der Waals surface area contributed by atoms with E-state index < -0.39 is 10.0 Å². The summed E-state index contributed by atoms with van der Waals surface area (Å²) in [5, 5.41) is 5.11. The highest BCUT2D eigenvalue weighted by Crippen LogP contribution is 2.24. The normalized spacial score (nSPS) is 11.5. The third-order valence-corrected chi connectivity index (χ3v) is 3.71. The van der Waals surface area contributed by atoms with Crippen molar-refractivity contribution in [3.8, 4) is 5.75 Å². The SMILES string of the molecule is CCOc1ccc(S(N)(=O)=O)cc1C(=O)N(C)CC(C)C. The molecule has 0 aliphatic rings. The third kappa shape index (κ3) is 4.71. The number of nitrogens with zero attached hydrogens (tertiary/aromatic N) is 1. The second-order valence-electron chi connectivity index (χ2n) is 5.22. The maximum Gasteiger partial charge on any atom is 0.257 e. The van der Waals surface area contributed by atoms with Crippen molar-refractivity contribution in [2.24, 2.45) is 11.1 Å². The molecule has 0 unspecified atom stereocenters.